The van der Waals surface area contributed by atoms with Crippen LogP contribution < -0.4 is 11.3 Å². The molecule has 1 atom stereocenters. The number of benzene rings is 1. The molecule has 0 bridgehead atoms. The zero-order valence-corrected chi connectivity index (χ0v) is 10.0. The van der Waals surface area contributed by atoms with Crippen LogP contribution >= 0.6 is 0 Å². The molecule has 2 nitrogen and oxygen atoms in total. The van der Waals surface area contributed by atoms with Gasteiger partial charge in [-0.3, -0.25) is 11.3 Å². The van der Waals surface area contributed by atoms with Gasteiger partial charge in [-0.25, -0.2) is 4.39 Å². The summed E-state index contributed by atoms with van der Waals surface area (Å²) in [5, 5.41) is 0. The van der Waals surface area contributed by atoms with Crippen molar-refractivity contribution in [2.24, 2.45) is 5.84 Å². The van der Waals surface area contributed by atoms with E-state index >= 15 is 0 Å². The quantitative estimate of drug-likeness (QED) is 0.486. The fourth-order valence-electron chi connectivity index (χ4n) is 1.87. The first kappa shape index (κ1) is 14.9. The predicted molar refractivity (Wildman–Crippen MR) is 61.1 cm³/mol. The highest BCUT2D eigenvalue weighted by Crippen LogP contribution is 2.27. The lowest BCUT2D eigenvalue weighted by molar-refractivity contribution is -0.135. The highest BCUT2D eigenvalue weighted by Gasteiger charge is 2.27. The van der Waals surface area contributed by atoms with Crippen molar-refractivity contribution < 1.29 is 17.6 Å². The highest BCUT2D eigenvalue weighted by molar-refractivity contribution is 5.29. The van der Waals surface area contributed by atoms with Gasteiger partial charge in [0.25, 0.3) is 0 Å². The van der Waals surface area contributed by atoms with Gasteiger partial charge in [0.15, 0.2) is 0 Å². The van der Waals surface area contributed by atoms with Crippen LogP contribution in [0.4, 0.5) is 17.6 Å². The van der Waals surface area contributed by atoms with Crippen molar-refractivity contribution in [1.82, 2.24) is 5.43 Å². The number of halogens is 4. The van der Waals surface area contributed by atoms with Gasteiger partial charge >= 0.3 is 6.18 Å². The summed E-state index contributed by atoms with van der Waals surface area (Å²) >= 11 is 0. The van der Waals surface area contributed by atoms with Crippen molar-refractivity contribution in [2.75, 3.05) is 0 Å². The molecule has 0 aliphatic carbocycles. The Morgan fingerprint density at radius 1 is 1.33 bits per heavy atom. The van der Waals surface area contributed by atoms with Crippen molar-refractivity contribution in [1.29, 1.82) is 0 Å². The summed E-state index contributed by atoms with van der Waals surface area (Å²) in [5.41, 5.74) is 3.87. The molecule has 0 spiro atoms. The molecular weight excluding hydrogens is 248 g/mol. The lowest BCUT2D eigenvalue weighted by atomic mass is 9.97. The molecule has 0 aromatic heterocycles. The Morgan fingerprint density at radius 2 is 2.00 bits per heavy atom. The third kappa shape index (κ3) is 4.62. The molecule has 0 radical (unpaired) electrons. The molecule has 1 unspecified atom stereocenters. The van der Waals surface area contributed by atoms with Crippen LogP contribution in [0.2, 0.25) is 0 Å². The van der Waals surface area contributed by atoms with E-state index in [0.717, 1.165) is 5.56 Å². The molecule has 0 saturated heterocycles. The second kappa shape index (κ2) is 6.15. The highest BCUT2D eigenvalue weighted by atomic mass is 19.4. The van der Waals surface area contributed by atoms with Crippen LogP contribution in [-0.2, 0) is 0 Å². The topological polar surface area (TPSA) is 38.0 Å². The molecule has 1 aromatic carbocycles. The van der Waals surface area contributed by atoms with Crippen molar-refractivity contribution in [3.8, 4) is 0 Å². The van der Waals surface area contributed by atoms with E-state index in [4.69, 9.17) is 5.84 Å². The minimum Gasteiger partial charge on any atom is -0.271 e. The summed E-state index contributed by atoms with van der Waals surface area (Å²) < 4.78 is 49.1. The second-order valence-electron chi connectivity index (χ2n) is 4.23. The molecule has 18 heavy (non-hydrogen) atoms. The Morgan fingerprint density at radius 3 is 2.50 bits per heavy atom. The van der Waals surface area contributed by atoms with Gasteiger partial charge in [-0.15, -0.1) is 0 Å². The number of hydrogen-bond donors (Lipinski definition) is 2. The molecule has 1 aromatic rings. The lowest BCUT2D eigenvalue weighted by Crippen LogP contribution is -2.28. The van der Waals surface area contributed by atoms with Gasteiger partial charge in [0, 0.05) is 12.5 Å². The third-order valence-corrected chi connectivity index (χ3v) is 2.76. The maximum atomic E-state index is 12.9. The first-order valence-electron chi connectivity index (χ1n) is 5.62. The zero-order chi connectivity index (χ0) is 13.8. The number of alkyl halides is 3. The van der Waals surface area contributed by atoms with Gasteiger partial charge < -0.3 is 0 Å². The number of hydrogen-bond acceptors (Lipinski definition) is 2. The van der Waals surface area contributed by atoms with Gasteiger partial charge in [-0.1, -0.05) is 6.07 Å². The van der Waals surface area contributed by atoms with Gasteiger partial charge in [0.2, 0.25) is 0 Å². The predicted octanol–water partition coefficient (Wildman–Crippen LogP) is 3.37. The molecule has 0 aliphatic heterocycles. The molecule has 0 aliphatic rings. The van der Waals surface area contributed by atoms with Crippen LogP contribution in [0.25, 0.3) is 0 Å². The van der Waals surface area contributed by atoms with E-state index in [9.17, 15) is 17.6 Å². The molecule has 0 saturated carbocycles. The first-order valence-corrected chi connectivity index (χ1v) is 5.62. The molecule has 6 heteroatoms. The molecular formula is C12H16F4N2. The van der Waals surface area contributed by atoms with Crippen LogP contribution in [0, 0.1) is 12.7 Å². The monoisotopic (exact) mass is 264 g/mol. The minimum atomic E-state index is -4.16. The summed E-state index contributed by atoms with van der Waals surface area (Å²) in [7, 11) is 0. The number of hydrazine groups is 1. The molecule has 1 rings (SSSR count). The van der Waals surface area contributed by atoms with Gasteiger partial charge in [-0.05, 0) is 43.0 Å². The smallest absolute Gasteiger partial charge is 0.271 e. The first-order chi connectivity index (χ1) is 8.33. The van der Waals surface area contributed by atoms with Gasteiger partial charge in [0.1, 0.15) is 5.82 Å². The average Bonchev–Trinajstić information content (AvgIpc) is 2.24. The van der Waals surface area contributed by atoms with Crippen LogP contribution in [0.3, 0.4) is 0 Å². The number of rotatable bonds is 5. The Hall–Kier alpha value is -1.14. The maximum absolute atomic E-state index is 12.9. The van der Waals surface area contributed by atoms with Crippen LogP contribution in [0.15, 0.2) is 18.2 Å². The summed E-state index contributed by atoms with van der Waals surface area (Å²) in [6.45, 7) is 1.70. The fourth-order valence-corrected chi connectivity index (χ4v) is 1.87. The van der Waals surface area contributed by atoms with Crippen LogP contribution in [-0.4, -0.2) is 6.18 Å². The van der Waals surface area contributed by atoms with E-state index in [-0.39, 0.29) is 18.7 Å². The van der Waals surface area contributed by atoms with Crippen LogP contribution in [0.1, 0.15) is 36.4 Å². The zero-order valence-electron chi connectivity index (χ0n) is 10.0. The molecule has 3 N–H and O–H groups in total. The Labute approximate surface area is 103 Å². The maximum Gasteiger partial charge on any atom is 0.389 e. The minimum absolute atomic E-state index is 0.0187. The molecule has 0 heterocycles. The standard InChI is InChI=1S/C12H16F4N2/c1-8-7-9(13)4-5-10(8)11(18-17)3-2-6-12(14,15)16/h4-5,7,11,18H,2-3,6,17H2,1H3. The largest absolute Gasteiger partial charge is 0.389 e. The van der Waals surface area contributed by atoms with E-state index in [1.165, 1.54) is 12.1 Å². The van der Waals surface area contributed by atoms with E-state index < -0.39 is 18.6 Å². The second-order valence-corrected chi connectivity index (χ2v) is 4.23. The Kier molecular flexibility index (Phi) is 5.10. The molecule has 102 valence electrons. The Bertz CT molecular complexity index is 390. The number of aryl methyl sites for hydroxylation is 1. The fraction of sp³-hybridized carbons (Fsp3) is 0.500. The molecule has 0 fully saturated rings. The third-order valence-electron chi connectivity index (χ3n) is 2.76. The van der Waals surface area contributed by atoms with Crippen molar-refractivity contribution in [3.05, 3.63) is 35.1 Å². The van der Waals surface area contributed by atoms with Gasteiger partial charge in [0.05, 0.1) is 0 Å². The SMILES string of the molecule is Cc1cc(F)ccc1C(CCCC(F)(F)F)NN. The van der Waals surface area contributed by atoms with Crippen molar-refractivity contribution >= 4 is 0 Å². The summed E-state index contributed by atoms with van der Waals surface area (Å²) in [4.78, 5) is 0. The number of nitrogens with one attached hydrogen (secondary N) is 1. The van der Waals surface area contributed by atoms with E-state index in [2.05, 4.69) is 5.43 Å². The molecule has 0 amide bonds. The average molecular weight is 264 g/mol. The van der Waals surface area contributed by atoms with E-state index in [1.54, 1.807) is 13.0 Å². The normalized spacial score (nSPS) is 13.7. The Balaban J connectivity index is 2.66. The van der Waals surface area contributed by atoms with Crippen molar-refractivity contribution in [3.63, 3.8) is 0 Å². The van der Waals surface area contributed by atoms with Crippen LogP contribution in [0.5, 0.6) is 0 Å². The summed E-state index contributed by atoms with van der Waals surface area (Å²) in [6.07, 6.45) is -4.76. The number of nitrogens with two attached hydrogens (primary N) is 1. The van der Waals surface area contributed by atoms with E-state index in [0.29, 0.717) is 5.56 Å². The summed E-state index contributed by atoms with van der Waals surface area (Å²) in [5.74, 6) is 4.96. The van der Waals surface area contributed by atoms with Gasteiger partial charge in [-0.2, -0.15) is 13.2 Å². The van der Waals surface area contributed by atoms with Crippen molar-refractivity contribution in [2.45, 2.75) is 38.4 Å². The van der Waals surface area contributed by atoms with E-state index in [1.807, 2.05) is 0 Å². The summed E-state index contributed by atoms with van der Waals surface area (Å²) in [6, 6.07) is 3.76. The lowest BCUT2D eigenvalue weighted by Gasteiger charge is -2.19.